The Hall–Kier alpha value is -1.35. The van der Waals surface area contributed by atoms with Gasteiger partial charge in [0.1, 0.15) is 5.75 Å². The summed E-state index contributed by atoms with van der Waals surface area (Å²) in [7, 11) is 3.56. The maximum absolute atomic E-state index is 12.2. The summed E-state index contributed by atoms with van der Waals surface area (Å²) in [6.07, 6.45) is 1.47. The summed E-state index contributed by atoms with van der Waals surface area (Å²) in [6, 6.07) is 1.95. The number of benzene rings is 1. The first-order chi connectivity index (χ1) is 8.52. The van der Waals surface area contributed by atoms with Gasteiger partial charge < -0.3 is 10.1 Å². The van der Waals surface area contributed by atoms with Crippen LogP contribution in [-0.2, 0) is 0 Å². The van der Waals surface area contributed by atoms with E-state index in [0.29, 0.717) is 6.42 Å². The first kappa shape index (κ1) is 14.7. The lowest BCUT2D eigenvalue weighted by atomic mass is 9.92. The van der Waals surface area contributed by atoms with Crippen molar-refractivity contribution >= 4 is 5.78 Å². The molecule has 0 saturated heterocycles. The molecule has 18 heavy (non-hydrogen) atoms. The Morgan fingerprint density at radius 3 is 2.50 bits per heavy atom. The summed E-state index contributed by atoms with van der Waals surface area (Å²) in [5.41, 5.74) is 3.97. The second kappa shape index (κ2) is 6.55. The lowest BCUT2D eigenvalue weighted by molar-refractivity contribution is 0.0979. The topological polar surface area (TPSA) is 38.3 Å². The van der Waals surface area contributed by atoms with Gasteiger partial charge in [0.05, 0.1) is 7.11 Å². The second-order valence-corrected chi connectivity index (χ2v) is 4.65. The van der Waals surface area contributed by atoms with E-state index < -0.39 is 0 Å². The number of Topliss-reactive ketones (excluding diaryl/α,β-unsaturated/α-hetero) is 1. The van der Waals surface area contributed by atoms with Gasteiger partial charge in [0.2, 0.25) is 0 Å². The van der Waals surface area contributed by atoms with Crippen LogP contribution in [0.2, 0.25) is 0 Å². The Morgan fingerprint density at radius 2 is 1.94 bits per heavy atom. The van der Waals surface area contributed by atoms with Gasteiger partial charge in [-0.1, -0.05) is 0 Å². The lowest BCUT2D eigenvalue weighted by Gasteiger charge is -2.15. The summed E-state index contributed by atoms with van der Waals surface area (Å²) in [6.45, 7) is 6.84. The maximum Gasteiger partial charge on any atom is 0.163 e. The highest BCUT2D eigenvalue weighted by Crippen LogP contribution is 2.28. The first-order valence-corrected chi connectivity index (χ1v) is 6.35. The molecule has 1 rings (SSSR count). The van der Waals surface area contributed by atoms with E-state index in [1.807, 2.05) is 33.9 Å². The van der Waals surface area contributed by atoms with Crippen LogP contribution in [-0.4, -0.2) is 26.5 Å². The molecule has 0 fully saturated rings. The number of carbonyl (C=O) groups excluding carboxylic acids is 1. The van der Waals surface area contributed by atoms with Crippen molar-refractivity contribution in [3.8, 4) is 5.75 Å². The molecule has 0 amide bonds. The van der Waals surface area contributed by atoms with E-state index in [0.717, 1.165) is 41.0 Å². The highest BCUT2D eigenvalue weighted by Gasteiger charge is 2.16. The summed E-state index contributed by atoms with van der Waals surface area (Å²) in [4.78, 5) is 12.2. The van der Waals surface area contributed by atoms with Crippen LogP contribution in [0.5, 0.6) is 5.75 Å². The smallest absolute Gasteiger partial charge is 0.163 e. The minimum atomic E-state index is 0.228. The molecule has 0 spiro atoms. The molecule has 1 aromatic rings. The third kappa shape index (κ3) is 3.10. The zero-order valence-electron chi connectivity index (χ0n) is 12.0. The van der Waals surface area contributed by atoms with Gasteiger partial charge in [-0.25, -0.2) is 0 Å². The molecule has 0 atom stereocenters. The Labute approximate surface area is 110 Å². The van der Waals surface area contributed by atoms with E-state index in [2.05, 4.69) is 5.32 Å². The van der Waals surface area contributed by atoms with E-state index in [4.69, 9.17) is 4.74 Å². The van der Waals surface area contributed by atoms with Crippen LogP contribution in [0.3, 0.4) is 0 Å². The molecule has 3 nitrogen and oxygen atoms in total. The van der Waals surface area contributed by atoms with Gasteiger partial charge in [-0.3, -0.25) is 4.79 Å². The Kier molecular flexibility index (Phi) is 5.35. The number of aryl methyl sites for hydroxylation is 1. The van der Waals surface area contributed by atoms with E-state index in [1.165, 1.54) is 0 Å². The standard InChI is InChI=1S/C15H23NO2/c1-10-9-14(18-5)11(2)12(3)15(10)13(17)7-6-8-16-4/h9,16H,6-8H2,1-5H3. The number of nitrogens with one attached hydrogen (secondary N) is 1. The average molecular weight is 249 g/mol. The molecule has 0 radical (unpaired) electrons. The molecule has 0 bridgehead atoms. The second-order valence-electron chi connectivity index (χ2n) is 4.65. The van der Waals surface area contributed by atoms with E-state index in [1.54, 1.807) is 7.11 Å². The fourth-order valence-electron chi connectivity index (χ4n) is 2.24. The van der Waals surface area contributed by atoms with E-state index in [-0.39, 0.29) is 5.78 Å². The SMILES string of the molecule is CNCCCC(=O)c1c(C)cc(OC)c(C)c1C. The van der Waals surface area contributed by atoms with Gasteiger partial charge in [-0.2, -0.15) is 0 Å². The number of methoxy groups -OCH3 is 1. The van der Waals surface area contributed by atoms with E-state index in [9.17, 15) is 4.79 Å². The molecule has 100 valence electrons. The van der Waals surface area contributed by atoms with Crippen molar-refractivity contribution < 1.29 is 9.53 Å². The minimum Gasteiger partial charge on any atom is -0.496 e. The molecule has 0 saturated carbocycles. The van der Waals surface area contributed by atoms with Gasteiger partial charge in [-0.05, 0) is 63.5 Å². The van der Waals surface area contributed by atoms with Crippen LogP contribution < -0.4 is 10.1 Å². The average Bonchev–Trinajstić information content (AvgIpc) is 2.34. The third-order valence-electron chi connectivity index (χ3n) is 3.38. The fourth-order valence-corrected chi connectivity index (χ4v) is 2.24. The van der Waals surface area contributed by atoms with Crippen LogP contribution in [0.1, 0.15) is 39.9 Å². The quantitative estimate of drug-likeness (QED) is 0.622. The lowest BCUT2D eigenvalue weighted by Crippen LogP contribution is -2.12. The molecule has 0 aliphatic heterocycles. The van der Waals surface area contributed by atoms with Crippen molar-refractivity contribution in [1.82, 2.24) is 5.32 Å². The van der Waals surface area contributed by atoms with Crippen LogP contribution in [0, 0.1) is 20.8 Å². The van der Waals surface area contributed by atoms with Crippen LogP contribution in [0.15, 0.2) is 6.07 Å². The molecule has 0 aliphatic rings. The zero-order chi connectivity index (χ0) is 13.7. The van der Waals surface area contributed by atoms with Gasteiger partial charge >= 0.3 is 0 Å². The van der Waals surface area contributed by atoms with Gasteiger partial charge in [0, 0.05) is 12.0 Å². The Morgan fingerprint density at radius 1 is 1.28 bits per heavy atom. The van der Waals surface area contributed by atoms with Crippen LogP contribution in [0.4, 0.5) is 0 Å². The zero-order valence-corrected chi connectivity index (χ0v) is 12.0. The number of ether oxygens (including phenoxy) is 1. The molecular formula is C15H23NO2. The first-order valence-electron chi connectivity index (χ1n) is 6.35. The van der Waals surface area contributed by atoms with Crippen LogP contribution in [0.25, 0.3) is 0 Å². The molecular weight excluding hydrogens is 226 g/mol. The summed E-state index contributed by atoms with van der Waals surface area (Å²) in [5, 5.41) is 3.06. The minimum absolute atomic E-state index is 0.228. The normalized spacial score (nSPS) is 10.5. The molecule has 0 aliphatic carbocycles. The molecule has 1 aromatic carbocycles. The highest BCUT2D eigenvalue weighted by atomic mass is 16.5. The summed E-state index contributed by atoms with van der Waals surface area (Å²) < 4.78 is 5.32. The van der Waals surface area contributed by atoms with Crippen LogP contribution >= 0.6 is 0 Å². The van der Waals surface area contributed by atoms with Gasteiger partial charge in [0.25, 0.3) is 0 Å². The number of hydrogen-bond acceptors (Lipinski definition) is 3. The molecule has 0 heterocycles. The molecule has 3 heteroatoms. The van der Waals surface area contributed by atoms with Crippen molar-refractivity contribution in [1.29, 1.82) is 0 Å². The number of hydrogen-bond donors (Lipinski definition) is 1. The Bertz CT molecular complexity index is 439. The monoisotopic (exact) mass is 249 g/mol. The Balaban J connectivity index is 3.02. The fraction of sp³-hybridized carbons (Fsp3) is 0.533. The predicted octanol–water partition coefficient (Wildman–Crippen LogP) is 2.80. The van der Waals surface area contributed by atoms with Crippen molar-refractivity contribution in [2.24, 2.45) is 0 Å². The van der Waals surface area contributed by atoms with Gasteiger partial charge in [-0.15, -0.1) is 0 Å². The van der Waals surface area contributed by atoms with Crippen molar-refractivity contribution in [2.75, 3.05) is 20.7 Å². The number of ketones is 1. The van der Waals surface area contributed by atoms with Gasteiger partial charge in [0.15, 0.2) is 5.78 Å². The van der Waals surface area contributed by atoms with Crippen molar-refractivity contribution in [3.63, 3.8) is 0 Å². The highest BCUT2D eigenvalue weighted by molar-refractivity contribution is 5.99. The van der Waals surface area contributed by atoms with Crippen molar-refractivity contribution in [2.45, 2.75) is 33.6 Å². The van der Waals surface area contributed by atoms with Crippen molar-refractivity contribution in [3.05, 3.63) is 28.3 Å². The molecule has 1 N–H and O–H groups in total. The van der Waals surface area contributed by atoms with E-state index >= 15 is 0 Å². The predicted molar refractivity (Wildman–Crippen MR) is 74.7 cm³/mol. The maximum atomic E-state index is 12.2. The summed E-state index contributed by atoms with van der Waals surface area (Å²) >= 11 is 0. The molecule has 0 unspecified atom stereocenters. The number of carbonyl (C=O) groups is 1. The molecule has 0 aromatic heterocycles. The number of rotatable bonds is 6. The summed E-state index contributed by atoms with van der Waals surface area (Å²) in [5.74, 6) is 1.09. The third-order valence-corrected chi connectivity index (χ3v) is 3.38. The largest absolute Gasteiger partial charge is 0.496 e.